The average molecular weight is 465 g/mol. The van der Waals surface area contributed by atoms with Gasteiger partial charge in [-0.1, -0.05) is 55.5 Å². The van der Waals surface area contributed by atoms with Crippen LogP contribution in [0.4, 0.5) is 4.79 Å². The first-order chi connectivity index (χ1) is 16.5. The van der Waals surface area contributed by atoms with Crippen molar-refractivity contribution in [2.45, 2.75) is 63.5 Å². The highest BCUT2D eigenvalue weighted by Crippen LogP contribution is 2.44. The third kappa shape index (κ3) is 5.41. The van der Waals surface area contributed by atoms with Crippen molar-refractivity contribution < 1.29 is 24.2 Å². The quantitative estimate of drug-likeness (QED) is 0.508. The van der Waals surface area contributed by atoms with Gasteiger partial charge in [-0.15, -0.1) is 0 Å². The predicted molar refractivity (Wildman–Crippen MR) is 128 cm³/mol. The van der Waals surface area contributed by atoms with Crippen LogP contribution in [0.1, 0.15) is 62.5 Å². The van der Waals surface area contributed by atoms with Gasteiger partial charge in [0.25, 0.3) is 0 Å². The van der Waals surface area contributed by atoms with Crippen molar-refractivity contribution in [1.82, 2.24) is 10.6 Å². The molecule has 1 saturated carbocycles. The number of carbonyl (C=O) groups is 3. The highest BCUT2D eigenvalue weighted by molar-refractivity contribution is 5.79. The minimum atomic E-state index is -0.796. The summed E-state index contributed by atoms with van der Waals surface area (Å²) in [6.07, 6.45) is 2.75. The Kier molecular flexibility index (Phi) is 7.50. The van der Waals surface area contributed by atoms with Crippen molar-refractivity contribution >= 4 is 18.0 Å². The van der Waals surface area contributed by atoms with Gasteiger partial charge in [0.2, 0.25) is 5.91 Å². The number of aliphatic carboxylic acids is 1. The van der Waals surface area contributed by atoms with Gasteiger partial charge in [-0.25, -0.2) is 4.79 Å². The van der Waals surface area contributed by atoms with Gasteiger partial charge in [0, 0.05) is 24.4 Å². The lowest BCUT2D eigenvalue weighted by molar-refractivity contribution is -0.141. The first-order valence-corrected chi connectivity index (χ1v) is 12.1. The molecular formula is C27H32N2O5. The molecule has 7 heteroatoms. The Morgan fingerprint density at radius 2 is 1.68 bits per heavy atom. The van der Waals surface area contributed by atoms with E-state index in [-0.39, 0.29) is 42.9 Å². The fraction of sp³-hybridized carbons (Fsp3) is 0.444. The van der Waals surface area contributed by atoms with Crippen molar-refractivity contribution in [2.24, 2.45) is 5.92 Å². The molecule has 0 spiro atoms. The third-order valence-electron chi connectivity index (χ3n) is 7.03. The summed E-state index contributed by atoms with van der Waals surface area (Å²) in [7, 11) is 0. The van der Waals surface area contributed by atoms with Gasteiger partial charge >= 0.3 is 12.1 Å². The topological polar surface area (TPSA) is 105 Å². The molecular weight excluding hydrogens is 432 g/mol. The summed E-state index contributed by atoms with van der Waals surface area (Å²) in [5.74, 6) is -1.27. The van der Waals surface area contributed by atoms with Crippen LogP contribution in [-0.2, 0) is 14.3 Å². The smallest absolute Gasteiger partial charge is 0.407 e. The molecule has 4 rings (SSSR count). The summed E-state index contributed by atoms with van der Waals surface area (Å²) < 4.78 is 5.61. The highest BCUT2D eigenvalue weighted by Gasteiger charge is 2.31. The molecule has 0 aromatic heterocycles. The van der Waals surface area contributed by atoms with Gasteiger partial charge in [-0.05, 0) is 54.4 Å². The normalized spacial score (nSPS) is 19.7. The molecule has 2 amide bonds. The number of nitrogens with one attached hydrogen (secondary N) is 2. The first kappa shape index (κ1) is 23.8. The Morgan fingerprint density at radius 1 is 1.03 bits per heavy atom. The number of carboxylic acid groups (broad SMARTS) is 1. The maximum Gasteiger partial charge on any atom is 0.407 e. The van der Waals surface area contributed by atoms with E-state index in [2.05, 4.69) is 34.9 Å². The fourth-order valence-electron chi connectivity index (χ4n) is 5.13. The molecule has 34 heavy (non-hydrogen) atoms. The summed E-state index contributed by atoms with van der Waals surface area (Å²) in [5, 5.41) is 14.9. The predicted octanol–water partition coefficient (Wildman–Crippen LogP) is 4.45. The van der Waals surface area contributed by atoms with Gasteiger partial charge in [0.05, 0.1) is 5.92 Å². The lowest BCUT2D eigenvalue weighted by atomic mass is 9.98. The molecule has 1 unspecified atom stereocenters. The molecule has 0 radical (unpaired) electrons. The zero-order valence-corrected chi connectivity index (χ0v) is 19.5. The number of hydrogen-bond donors (Lipinski definition) is 3. The zero-order chi connectivity index (χ0) is 24.1. The molecule has 3 atom stereocenters. The average Bonchev–Trinajstić information content (AvgIpc) is 3.43. The second kappa shape index (κ2) is 10.7. The number of amides is 2. The van der Waals surface area contributed by atoms with Gasteiger partial charge in [-0.3, -0.25) is 9.59 Å². The molecule has 180 valence electrons. The largest absolute Gasteiger partial charge is 0.481 e. The molecule has 3 N–H and O–H groups in total. The number of alkyl carbamates (subject to hydrolysis) is 1. The monoisotopic (exact) mass is 464 g/mol. The van der Waals surface area contributed by atoms with Crippen LogP contribution in [0, 0.1) is 5.92 Å². The van der Waals surface area contributed by atoms with Crippen molar-refractivity contribution in [3.63, 3.8) is 0 Å². The van der Waals surface area contributed by atoms with Crippen LogP contribution in [0.15, 0.2) is 48.5 Å². The Labute approximate surface area is 199 Å². The molecule has 0 aliphatic heterocycles. The van der Waals surface area contributed by atoms with Crippen molar-refractivity contribution in [2.75, 3.05) is 6.61 Å². The summed E-state index contributed by atoms with van der Waals surface area (Å²) in [5.41, 5.74) is 4.69. The minimum absolute atomic E-state index is 0.00467. The Morgan fingerprint density at radius 3 is 2.26 bits per heavy atom. The maximum absolute atomic E-state index is 12.5. The van der Waals surface area contributed by atoms with Gasteiger partial charge < -0.3 is 20.5 Å². The van der Waals surface area contributed by atoms with E-state index in [1.54, 1.807) is 0 Å². The van der Waals surface area contributed by atoms with E-state index in [0.29, 0.717) is 32.1 Å². The Hall–Kier alpha value is -3.35. The maximum atomic E-state index is 12.5. The number of fused-ring (bicyclic) bond motifs is 3. The molecule has 0 bridgehead atoms. The molecule has 7 nitrogen and oxygen atoms in total. The van der Waals surface area contributed by atoms with Crippen LogP contribution in [0.25, 0.3) is 11.1 Å². The van der Waals surface area contributed by atoms with Crippen LogP contribution < -0.4 is 10.6 Å². The van der Waals surface area contributed by atoms with Crippen LogP contribution in [0.2, 0.25) is 0 Å². The Bertz CT molecular complexity index is 1010. The summed E-state index contributed by atoms with van der Waals surface area (Å²) in [4.78, 5) is 35.9. The van der Waals surface area contributed by atoms with Gasteiger partial charge in [0.1, 0.15) is 6.61 Å². The van der Waals surface area contributed by atoms with Crippen molar-refractivity contribution in [3.8, 4) is 11.1 Å². The SMILES string of the molecule is CCC(CCC(=O)N[C@H]1CC[C@@H](C(=O)O)C1)NC(=O)OCC1c2ccccc2-c2ccccc21. The first-order valence-electron chi connectivity index (χ1n) is 12.1. The molecule has 2 aliphatic carbocycles. The summed E-state index contributed by atoms with van der Waals surface area (Å²) in [6.45, 7) is 2.21. The number of rotatable bonds is 9. The lowest BCUT2D eigenvalue weighted by Gasteiger charge is -2.19. The number of ether oxygens (including phenoxy) is 1. The summed E-state index contributed by atoms with van der Waals surface area (Å²) >= 11 is 0. The van der Waals surface area contributed by atoms with E-state index < -0.39 is 12.1 Å². The van der Waals surface area contributed by atoms with Crippen molar-refractivity contribution in [1.29, 1.82) is 0 Å². The van der Waals surface area contributed by atoms with Gasteiger partial charge in [0.15, 0.2) is 0 Å². The molecule has 1 fully saturated rings. The van der Waals surface area contributed by atoms with Gasteiger partial charge in [-0.2, -0.15) is 0 Å². The van der Waals surface area contributed by atoms with E-state index >= 15 is 0 Å². The van der Waals surface area contributed by atoms with E-state index in [1.165, 1.54) is 11.1 Å². The number of benzene rings is 2. The zero-order valence-electron chi connectivity index (χ0n) is 19.5. The van der Waals surface area contributed by atoms with E-state index in [4.69, 9.17) is 9.84 Å². The Balaban J connectivity index is 1.24. The third-order valence-corrected chi connectivity index (χ3v) is 7.03. The lowest BCUT2D eigenvalue weighted by Crippen LogP contribution is -2.38. The number of carbonyl (C=O) groups excluding carboxylic acids is 2. The second-order valence-corrected chi connectivity index (χ2v) is 9.23. The van der Waals surface area contributed by atoms with E-state index in [0.717, 1.165) is 11.1 Å². The molecule has 0 heterocycles. The standard InChI is InChI=1S/C27H32N2O5/c1-2-18(13-14-25(30)28-19-12-11-17(15-19)26(31)32)29-27(33)34-16-24-22-9-5-3-7-20(22)21-8-4-6-10-23(21)24/h3-10,17-19,24H,2,11-16H2,1H3,(H,28,30)(H,29,33)(H,31,32)/t17-,18?,19+/m1/s1. The van der Waals surface area contributed by atoms with Crippen LogP contribution in [-0.4, -0.2) is 41.8 Å². The molecule has 0 saturated heterocycles. The second-order valence-electron chi connectivity index (χ2n) is 9.23. The fourth-order valence-corrected chi connectivity index (χ4v) is 5.13. The molecule has 2 aromatic rings. The van der Waals surface area contributed by atoms with E-state index in [9.17, 15) is 14.4 Å². The summed E-state index contributed by atoms with van der Waals surface area (Å²) in [6, 6.07) is 16.2. The van der Waals surface area contributed by atoms with Crippen LogP contribution in [0.3, 0.4) is 0 Å². The molecule has 2 aliphatic rings. The minimum Gasteiger partial charge on any atom is -0.481 e. The molecule has 2 aromatic carbocycles. The van der Waals surface area contributed by atoms with E-state index in [1.807, 2.05) is 31.2 Å². The number of hydrogen-bond acceptors (Lipinski definition) is 4. The van der Waals surface area contributed by atoms with Crippen LogP contribution in [0.5, 0.6) is 0 Å². The number of carboxylic acids is 1. The highest BCUT2D eigenvalue weighted by atomic mass is 16.5. The van der Waals surface area contributed by atoms with Crippen LogP contribution >= 0.6 is 0 Å². The van der Waals surface area contributed by atoms with Crippen molar-refractivity contribution in [3.05, 3.63) is 59.7 Å².